The van der Waals surface area contributed by atoms with Crippen LogP contribution in [0.5, 0.6) is 0 Å². The van der Waals surface area contributed by atoms with Crippen LogP contribution in [0.2, 0.25) is 0 Å². The molecular formula is C10H13NO4. The van der Waals surface area contributed by atoms with E-state index in [-0.39, 0.29) is 18.1 Å². The van der Waals surface area contributed by atoms with Gasteiger partial charge >= 0.3 is 5.97 Å². The van der Waals surface area contributed by atoms with Crippen LogP contribution in [0.15, 0.2) is 22.8 Å². The van der Waals surface area contributed by atoms with Gasteiger partial charge in [0.15, 0.2) is 5.76 Å². The molecule has 0 aliphatic rings. The van der Waals surface area contributed by atoms with Gasteiger partial charge in [-0.2, -0.15) is 0 Å². The van der Waals surface area contributed by atoms with E-state index in [0.717, 1.165) is 0 Å². The lowest BCUT2D eigenvalue weighted by Gasteiger charge is -2.14. The largest absolute Gasteiger partial charge is 0.481 e. The summed E-state index contributed by atoms with van der Waals surface area (Å²) in [7, 11) is 1.62. The molecule has 0 saturated carbocycles. The second-order valence-electron chi connectivity index (χ2n) is 3.20. The van der Waals surface area contributed by atoms with E-state index in [1.165, 1.54) is 11.2 Å². The Morgan fingerprint density at radius 2 is 2.27 bits per heavy atom. The molecule has 0 radical (unpaired) electrons. The predicted octanol–water partition coefficient (Wildman–Crippen LogP) is 1.22. The molecule has 0 saturated heterocycles. The van der Waals surface area contributed by atoms with Gasteiger partial charge in [0.05, 0.1) is 6.26 Å². The van der Waals surface area contributed by atoms with Crippen LogP contribution in [0.25, 0.3) is 0 Å². The fourth-order valence-corrected chi connectivity index (χ4v) is 1.16. The van der Waals surface area contributed by atoms with Gasteiger partial charge in [0.25, 0.3) is 5.91 Å². The Hall–Kier alpha value is -1.78. The zero-order chi connectivity index (χ0) is 11.3. The molecule has 15 heavy (non-hydrogen) atoms. The molecule has 82 valence electrons. The first-order chi connectivity index (χ1) is 7.11. The summed E-state index contributed by atoms with van der Waals surface area (Å²) in [6, 6.07) is 3.22. The van der Waals surface area contributed by atoms with Crippen molar-refractivity contribution < 1.29 is 19.1 Å². The zero-order valence-electron chi connectivity index (χ0n) is 8.47. The molecule has 0 unspecified atom stereocenters. The van der Waals surface area contributed by atoms with E-state index >= 15 is 0 Å². The summed E-state index contributed by atoms with van der Waals surface area (Å²) in [6.45, 7) is 0.409. The molecular weight excluding hydrogens is 198 g/mol. The molecule has 5 heteroatoms. The molecule has 5 nitrogen and oxygen atoms in total. The summed E-state index contributed by atoms with van der Waals surface area (Å²) in [5.74, 6) is -0.813. The molecule has 1 heterocycles. The molecule has 1 aromatic rings. The van der Waals surface area contributed by atoms with Gasteiger partial charge in [-0.15, -0.1) is 0 Å². The van der Waals surface area contributed by atoms with E-state index in [9.17, 15) is 9.59 Å². The van der Waals surface area contributed by atoms with Gasteiger partial charge in [0.2, 0.25) is 0 Å². The van der Waals surface area contributed by atoms with Gasteiger partial charge in [0.1, 0.15) is 0 Å². The maximum absolute atomic E-state index is 11.6. The molecule has 0 spiro atoms. The number of carbonyl (C=O) groups excluding carboxylic acids is 1. The summed E-state index contributed by atoms with van der Waals surface area (Å²) in [5.41, 5.74) is 0. The number of carboxylic acids is 1. The molecule has 0 aliphatic heterocycles. The van der Waals surface area contributed by atoms with Crippen LogP contribution in [-0.4, -0.2) is 35.5 Å². The van der Waals surface area contributed by atoms with Crippen molar-refractivity contribution in [2.45, 2.75) is 12.8 Å². The topological polar surface area (TPSA) is 70.8 Å². The van der Waals surface area contributed by atoms with E-state index in [2.05, 4.69) is 0 Å². The molecule has 1 N–H and O–H groups in total. The van der Waals surface area contributed by atoms with E-state index in [4.69, 9.17) is 9.52 Å². The summed E-state index contributed by atoms with van der Waals surface area (Å²) in [5, 5.41) is 8.43. The summed E-state index contributed by atoms with van der Waals surface area (Å²) in [6.07, 6.45) is 1.94. The maximum Gasteiger partial charge on any atom is 0.303 e. The van der Waals surface area contributed by atoms with Crippen LogP contribution >= 0.6 is 0 Å². The molecule has 0 atom stereocenters. The summed E-state index contributed by atoms with van der Waals surface area (Å²) < 4.78 is 4.94. The van der Waals surface area contributed by atoms with Crippen LogP contribution in [0, 0.1) is 0 Å². The molecule has 1 aromatic heterocycles. The Labute approximate surface area is 87.3 Å². The molecule has 0 bridgehead atoms. The van der Waals surface area contributed by atoms with Crippen LogP contribution in [0.1, 0.15) is 23.4 Å². The maximum atomic E-state index is 11.6. The number of rotatable bonds is 5. The van der Waals surface area contributed by atoms with Crippen molar-refractivity contribution in [3.63, 3.8) is 0 Å². The zero-order valence-corrected chi connectivity index (χ0v) is 8.47. The van der Waals surface area contributed by atoms with Gasteiger partial charge in [0, 0.05) is 20.0 Å². The quantitative estimate of drug-likeness (QED) is 0.794. The number of hydrogen-bond acceptors (Lipinski definition) is 3. The minimum atomic E-state index is -0.853. The lowest BCUT2D eigenvalue weighted by atomic mass is 10.3. The first-order valence-corrected chi connectivity index (χ1v) is 4.62. The Morgan fingerprint density at radius 3 is 2.80 bits per heavy atom. The van der Waals surface area contributed by atoms with Crippen molar-refractivity contribution in [1.29, 1.82) is 0 Å². The predicted molar refractivity (Wildman–Crippen MR) is 52.5 cm³/mol. The average molecular weight is 211 g/mol. The van der Waals surface area contributed by atoms with Gasteiger partial charge in [-0.05, 0) is 18.6 Å². The first-order valence-electron chi connectivity index (χ1n) is 4.62. The number of furan rings is 1. The summed E-state index contributed by atoms with van der Waals surface area (Å²) >= 11 is 0. The standard InChI is InChI=1S/C10H13NO4/c1-11(6-2-5-9(12)13)10(14)8-4-3-7-15-8/h3-4,7H,2,5-6H2,1H3,(H,12,13). The molecule has 1 amide bonds. The van der Waals surface area contributed by atoms with E-state index in [1.54, 1.807) is 19.2 Å². The minimum absolute atomic E-state index is 0.0653. The van der Waals surface area contributed by atoms with Crippen molar-refractivity contribution in [2.24, 2.45) is 0 Å². The Kier molecular flexibility index (Phi) is 3.91. The SMILES string of the molecule is CN(CCCC(=O)O)C(=O)c1ccco1. The third kappa shape index (κ3) is 3.46. The van der Waals surface area contributed by atoms with Crippen LogP contribution in [0.4, 0.5) is 0 Å². The van der Waals surface area contributed by atoms with E-state index in [0.29, 0.717) is 13.0 Å². The third-order valence-corrected chi connectivity index (χ3v) is 1.96. The molecule has 1 rings (SSSR count). The molecule has 0 fully saturated rings. The Bertz CT molecular complexity index is 331. The fraction of sp³-hybridized carbons (Fsp3) is 0.400. The monoisotopic (exact) mass is 211 g/mol. The lowest BCUT2D eigenvalue weighted by molar-refractivity contribution is -0.137. The minimum Gasteiger partial charge on any atom is -0.481 e. The lowest BCUT2D eigenvalue weighted by Crippen LogP contribution is -2.27. The fourth-order valence-electron chi connectivity index (χ4n) is 1.16. The number of carboxylic acid groups (broad SMARTS) is 1. The second-order valence-corrected chi connectivity index (χ2v) is 3.20. The van der Waals surface area contributed by atoms with Crippen molar-refractivity contribution in [3.8, 4) is 0 Å². The molecule has 0 aliphatic carbocycles. The number of aliphatic carboxylic acids is 1. The normalized spacial score (nSPS) is 9.93. The van der Waals surface area contributed by atoms with E-state index < -0.39 is 5.97 Å². The summed E-state index contributed by atoms with van der Waals surface area (Å²) in [4.78, 5) is 23.3. The highest BCUT2D eigenvalue weighted by molar-refractivity contribution is 5.91. The van der Waals surface area contributed by atoms with Crippen molar-refractivity contribution in [2.75, 3.05) is 13.6 Å². The van der Waals surface area contributed by atoms with Crippen LogP contribution < -0.4 is 0 Å². The third-order valence-electron chi connectivity index (χ3n) is 1.96. The van der Waals surface area contributed by atoms with Crippen LogP contribution in [0.3, 0.4) is 0 Å². The average Bonchev–Trinajstić information content (AvgIpc) is 2.68. The Morgan fingerprint density at radius 1 is 1.53 bits per heavy atom. The van der Waals surface area contributed by atoms with E-state index in [1.807, 2.05) is 0 Å². The van der Waals surface area contributed by atoms with Crippen LogP contribution in [-0.2, 0) is 4.79 Å². The van der Waals surface area contributed by atoms with Gasteiger partial charge in [-0.25, -0.2) is 0 Å². The first kappa shape index (κ1) is 11.3. The highest BCUT2D eigenvalue weighted by atomic mass is 16.4. The van der Waals surface area contributed by atoms with Crippen molar-refractivity contribution in [3.05, 3.63) is 24.2 Å². The number of amides is 1. The van der Waals surface area contributed by atoms with Gasteiger partial charge in [-0.1, -0.05) is 0 Å². The number of hydrogen-bond donors (Lipinski definition) is 1. The van der Waals surface area contributed by atoms with Gasteiger partial charge < -0.3 is 14.4 Å². The smallest absolute Gasteiger partial charge is 0.303 e. The Balaban J connectivity index is 2.37. The van der Waals surface area contributed by atoms with Crippen molar-refractivity contribution >= 4 is 11.9 Å². The second kappa shape index (κ2) is 5.19. The highest BCUT2D eigenvalue weighted by Crippen LogP contribution is 2.05. The molecule has 0 aromatic carbocycles. The highest BCUT2D eigenvalue weighted by Gasteiger charge is 2.13. The van der Waals surface area contributed by atoms with Gasteiger partial charge in [-0.3, -0.25) is 9.59 Å². The number of carbonyl (C=O) groups is 2. The van der Waals surface area contributed by atoms with Crippen molar-refractivity contribution in [1.82, 2.24) is 4.90 Å². The number of nitrogens with zero attached hydrogens (tertiary/aromatic N) is 1.